The number of benzene rings is 1. The van der Waals surface area contributed by atoms with Crippen molar-refractivity contribution in [3.8, 4) is 0 Å². The van der Waals surface area contributed by atoms with E-state index < -0.39 is 0 Å². The highest BCUT2D eigenvalue weighted by atomic mass is 19.1. The molecule has 2 rings (SSSR count). The first-order valence-electron chi connectivity index (χ1n) is 8.38. The Morgan fingerprint density at radius 1 is 1.17 bits per heavy atom. The standard InChI is InChI=1S/C19H24FN3O/c1-3-14(4-2)19(24)23-18-10-9-16(13-22-18)21-12-11-15-7-5-6-8-17(15)20/h5-10,13-14,21H,3-4,11-12H2,1-2H3,(H,22,23,24). The second-order valence-electron chi connectivity index (χ2n) is 5.70. The van der Waals surface area contributed by atoms with E-state index in [4.69, 9.17) is 0 Å². The number of carbonyl (C=O) groups is 1. The van der Waals surface area contributed by atoms with Crippen LogP contribution in [0.2, 0.25) is 0 Å². The van der Waals surface area contributed by atoms with Crippen LogP contribution < -0.4 is 10.6 Å². The fourth-order valence-electron chi connectivity index (χ4n) is 2.50. The zero-order valence-corrected chi connectivity index (χ0v) is 14.2. The van der Waals surface area contributed by atoms with Gasteiger partial charge in [0.2, 0.25) is 5.91 Å². The Labute approximate surface area is 142 Å². The zero-order valence-electron chi connectivity index (χ0n) is 14.2. The molecule has 1 amide bonds. The number of hydrogen-bond acceptors (Lipinski definition) is 3. The Bertz CT molecular complexity index is 654. The third-order valence-electron chi connectivity index (χ3n) is 4.05. The van der Waals surface area contributed by atoms with Gasteiger partial charge >= 0.3 is 0 Å². The maximum absolute atomic E-state index is 13.5. The Balaban J connectivity index is 1.84. The van der Waals surface area contributed by atoms with Gasteiger partial charge in [0.25, 0.3) is 0 Å². The molecule has 0 fully saturated rings. The molecule has 0 radical (unpaired) electrons. The number of nitrogens with zero attached hydrogens (tertiary/aromatic N) is 1. The third kappa shape index (κ3) is 5.05. The Hall–Kier alpha value is -2.43. The number of halogens is 1. The lowest BCUT2D eigenvalue weighted by molar-refractivity contribution is -0.120. The van der Waals surface area contributed by atoms with Crippen molar-refractivity contribution in [2.75, 3.05) is 17.2 Å². The number of amides is 1. The topological polar surface area (TPSA) is 54.0 Å². The van der Waals surface area contributed by atoms with Crippen LogP contribution in [-0.4, -0.2) is 17.4 Å². The van der Waals surface area contributed by atoms with Crippen molar-refractivity contribution in [2.45, 2.75) is 33.1 Å². The van der Waals surface area contributed by atoms with Gasteiger partial charge in [0.1, 0.15) is 11.6 Å². The molecule has 0 atom stereocenters. The minimum Gasteiger partial charge on any atom is -0.383 e. The molecule has 1 aromatic heterocycles. The summed E-state index contributed by atoms with van der Waals surface area (Å²) < 4.78 is 13.5. The first-order chi connectivity index (χ1) is 11.6. The summed E-state index contributed by atoms with van der Waals surface area (Å²) in [4.78, 5) is 16.3. The van der Waals surface area contributed by atoms with Gasteiger partial charge in [0.05, 0.1) is 11.9 Å². The van der Waals surface area contributed by atoms with Gasteiger partial charge in [-0.3, -0.25) is 4.79 Å². The summed E-state index contributed by atoms with van der Waals surface area (Å²) in [6.07, 6.45) is 3.90. The highest BCUT2D eigenvalue weighted by molar-refractivity contribution is 5.91. The van der Waals surface area contributed by atoms with Crippen LogP contribution in [0, 0.1) is 11.7 Å². The van der Waals surface area contributed by atoms with Gasteiger partial charge in [-0.2, -0.15) is 0 Å². The number of nitrogens with one attached hydrogen (secondary N) is 2. The number of anilines is 2. The molecular weight excluding hydrogens is 305 g/mol. The molecule has 0 aliphatic carbocycles. The first kappa shape index (κ1) is 17.9. The quantitative estimate of drug-likeness (QED) is 0.761. The normalized spacial score (nSPS) is 10.7. The SMILES string of the molecule is CCC(CC)C(=O)Nc1ccc(NCCc2ccccc2F)cn1. The van der Waals surface area contributed by atoms with Crippen molar-refractivity contribution in [1.29, 1.82) is 0 Å². The van der Waals surface area contributed by atoms with E-state index in [1.807, 2.05) is 26.0 Å². The van der Waals surface area contributed by atoms with E-state index >= 15 is 0 Å². The van der Waals surface area contributed by atoms with Gasteiger partial charge in [-0.1, -0.05) is 32.0 Å². The summed E-state index contributed by atoms with van der Waals surface area (Å²) in [5, 5.41) is 6.04. The molecule has 0 aliphatic heterocycles. The molecule has 5 heteroatoms. The van der Waals surface area contributed by atoms with Crippen molar-refractivity contribution in [3.63, 3.8) is 0 Å². The molecule has 1 aromatic carbocycles. The lowest BCUT2D eigenvalue weighted by Gasteiger charge is -2.12. The maximum Gasteiger partial charge on any atom is 0.228 e. The number of hydrogen-bond donors (Lipinski definition) is 2. The van der Waals surface area contributed by atoms with E-state index in [1.54, 1.807) is 24.4 Å². The molecule has 128 valence electrons. The first-order valence-corrected chi connectivity index (χ1v) is 8.38. The Kier molecular flexibility index (Phi) is 6.73. The molecule has 2 N–H and O–H groups in total. The van der Waals surface area contributed by atoms with E-state index in [9.17, 15) is 9.18 Å². The molecule has 4 nitrogen and oxygen atoms in total. The van der Waals surface area contributed by atoms with Crippen LogP contribution in [0.5, 0.6) is 0 Å². The van der Waals surface area contributed by atoms with Gasteiger partial charge in [0.15, 0.2) is 0 Å². The zero-order chi connectivity index (χ0) is 17.4. The molecule has 0 bridgehead atoms. The van der Waals surface area contributed by atoms with E-state index in [1.165, 1.54) is 6.07 Å². The van der Waals surface area contributed by atoms with Crippen molar-refractivity contribution in [2.24, 2.45) is 5.92 Å². The number of carbonyl (C=O) groups excluding carboxylic acids is 1. The second kappa shape index (κ2) is 9.01. The van der Waals surface area contributed by atoms with Gasteiger partial charge in [-0.25, -0.2) is 9.37 Å². The summed E-state index contributed by atoms with van der Waals surface area (Å²) in [6, 6.07) is 10.4. The fourth-order valence-corrected chi connectivity index (χ4v) is 2.50. The predicted molar refractivity (Wildman–Crippen MR) is 95.5 cm³/mol. The molecule has 0 saturated heterocycles. The van der Waals surface area contributed by atoms with Crippen LogP contribution in [0.25, 0.3) is 0 Å². The summed E-state index contributed by atoms with van der Waals surface area (Å²) in [7, 11) is 0. The minimum absolute atomic E-state index is 0.00719. The number of aromatic nitrogens is 1. The minimum atomic E-state index is -0.183. The lowest BCUT2D eigenvalue weighted by Crippen LogP contribution is -2.22. The van der Waals surface area contributed by atoms with Gasteiger partial charge in [-0.15, -0.1) is 0 Å². The summed E-state index contributed by atoms with van der Waals surface area (Å²) >= 11 is 0. The lowest BCUT2D eigenvalue weighted by atomic mass is 10.0. The van der Waals surface area contributed by atoms with Crippen LogP contribution in [0.1, 0.15) is 32.3 Å². The molecular formula is C19H24FN3O. The average Bonchev–Trinajstić information content (AvgIpc) is 2.59. The van der Waals surface area contributed by atoms with Gasteiger partial charge in [-0.05, 0) is 43.0 Å². The average molecular weight is 329 g/mol. The van der Waals surface area contributed by atoms with Crippen LogP contribution in [0.15, 0.2) is 42.6 Å². The molecule has 0 spiro atoms. The summed E-state index contributed by atoms with van der Waals surface area (Å²) in [5.41, 5.74) is 1.53. The highest BCUT2D eigenvalue weighted by Crippen LogP contribution is 2.14. The summed E-state index contributed by atoms with van der Waals surface area (Å²) in [5.74, 6) is 0.390. The molecule has 0 unspecified atom stereocenters. The van der Waals surface area contributed by atoms with E-state index in [0.717, 1.165) is 18.5 Å². The maximum atomic E-state index is 13.5. The van der Waals surface area contributed by atoms with Crippen LogP contribution in [0.3, 0.4) is 0 Å². The monoisotopic (exact) mass is 329 g/mol. The van der Waals surface area contributed by atoms with E-state index in [-0.39, 0.29) is 17.6 Å². The predicted octanol–water partition coefficient (Wildman–Crippen LogP) is 4.25. The highest BCUT2D eigenvalue weighted by Gasteiger charge is 2.14. The van der Waals surface area contributed by atoms with Crippen molar-refractivity contribution >= 4 is 17.4 Å². The number of rotatable bonds is 8. The third-order valence-corrected chi connectivity index (χ3v) is 4.05. The van der Waals surface area contributed by atoms with Crippen molar-refractivity contribution < 1.29 is 9.18 Å². The largest absolute Gasteiger partial charge is 0.383 e. The van der Waals surface area contributed by atoms with Crippen molar-refractivity contribution in [3.05, 3.63) is 54.0 Å². The smallest absolute Gasteiger partial charge is 0.228 e. The van der Waals surface area contributed by atoms with Crippen LogP contribution in [0.4, 0.5) is 15.9 Å². The van der Waals surface area contributed by atoms with E-state index in [2.05, 4.69) is 15.6 Å². The van der Waals surface area contributed by atoms with Gasteiger partial charge < -0.3 is 10.6 Å². The molecule has 0 aliphatic rings. The summed E-state index contributed by atoms with van der Waals surface area (Å²) in [6.45, 7) is 4.62. The number of pyridine rings is 1. The van der Waals surface area contributed by atoms with Crippen LogP contribution >= 0.6 is 0 Å². The van der Waals surface area contributed by atoms with Gasteiger partial charge in [0, 0.05) is 12.5 Å². The molecule has 2 aromatic rings. The Morgan fingerprint density at radius 2 is 1.92 bits per heavy atom. The van der Waals surface area contributed by atoms with Crippen LogP contribution in [-0.2, 0) is 11.2 Å². The molecule has 24 heavy (non-hydrogen) atoms. The second-order valence-corrected chi connectivity index (χ2v) is 5.70. The fraction of sp³-hybridized carbons (Fsp3) is 0.368. The molecule has 0 saturated carbocycles. The van der Waals surface area contributed by atoms with E-state index in [0.29, 0.717) is 24.3 Å². The molecule has 1 heterocycles. The Morgan fingerprint density at radius 3 is 2.54 bits per heavy atom. The van der Waals surface area contributed by atoms with Crippen molar-refractivity contribution in [1.82, 2.24) is 4.98 Å².